The van der Waals surface area contributed by atoms with Gasteiger partial charge >= 0.3 is 0 Å². The lowest BCUT2D eigenvalue weighted by Gasteiger charge is -2.21. The van der Waals surface area contributed by atoms with Crippen LogP contribution in [0.3, 0.4) is 0 Å². The van der Waals surface area contributed by atoms with Gasteiger partial charge in [0.15, 0.2) is 0 Å². The van der Waals surface area contributed by atoms with Gasteiger partial charge in [-0.2, -0.15) is 0 Å². The number of aliphatic imine (C=N–C) groups is 1. The van der Waals surface area contributed by atoms with Gasteiger partial charge in [0.05, 0.1) is 11.4 Å². The zero-order valence-electron chi connectivity index (χ0n) is 15.4. The van der Waals surface area contributed by atoms with Crippen molar-refractivity contribution in [1.29, 1.82) is 0 Å². The number of benzene rings is 1. The minimum Gasteiger partial charge on any atom is -0.507 e. The molecule has 0 bridgehead atoms. The van der Waals surface area contributed by atoms with Crippen LogP contribution in [0.1, 0.15) is 49.9 Å². The molecule has 0 heterocycles. The third-order valence-corrected chi connectivity index (χ3v) is 5.18. The number of allylic oxidation sites excluding steroid dienone is 5. The van der Waals surface area contributed by atoms with Crippen LogP contribution < -0.4 is 0 Å². The molecule has 1 aromatic carbocycles. The minimum absolute atomic E-state index is 0.399. The van der Waals surface area contributed by atoms with E-state index in [9.17, 15) is 5.11 Å². The number of aromatic hydroxyl groups is 1. The van der Waals surface area contributed by atoms with Crippen molar-refractivity contribution in [2.45, 2.75) is 54.9 Å². The lowest BCUT2D eigenvalue weighted by Crippen LogP contribution is -2.08. The molecule has 0 fully saturated rings. The first-order valence-electron chi connectivity index (χ1n) is 8.16. The summed E-state index contributed by atoms with van der Waals surface area (Å²) in [6.45, 7) is 18.5. The van der Waals surface area contributed by atoms with E-state index < -0.39 is 0 Å². The van der Waals surface area contributed by atoms with Crippen LogP contribution in [0, 0.1) is 20.8 Å². The molecule has 0 aromatic heterocycles. The van der Waals surface area contributed by atoms with Crippen LogP contribution >= 0.6 is 0 Å². The highest BCUT2D eigenvalue weighted by molar-refractivity contribution is 6.12. The molecule has 23 heavy (non-hydrogen) atoms. The number of hydrogen-bond acceptors (Lipinski definition) is 2. The van der Waals surface area contributed by atoms with E-state index in [-0.39, 0.29) is 0 Å². The van der Waals surface area contributed by atoms with E-state index in [1.807, 2.05) is 20.8 Å². The van der Waals surface area contributed by atoms with E-state index in [1.54, 1.807) is 0 Å². The summed E-state index contributed by atoms with van der Waals surface area (Å²) in [6.07, 6.45) is 2.96. The Morgan fingerprint density at radius 1 is 0.957 bits per heavy atom. The first kappa shape index (κ1) is 17.3. The molecule has 0 spiro atoms. The molecule has 0 aliphatic heterocycles. The van der Waals surface area contributed by atoms with Crippen LogP contribution in [0.5, 0.6) is 5.75 Å². The SMILES string of the molecule is C=C1C(C)=CC(=Nc2c(C)c(C)c(O)c(C)c2CC)C(C)=C1C. The Morgan fingerprint density at radius 2 is 1.57 bits per heavy atom. The van der Waals surface area contributed by atoms with Gasteiger partial charge in [0.2, 0.25) is 0 Å². The van der Waals surface area contributed by atoms with E-state index in [0.717, 1.165) is 51.2 Å². The predicted molar refractivity (Wildman–Crippen MR) is 100 cm³/mol. The number of phenolic OH excluding ortho intramolecular Hbond substituents is 1. The van der Waals surface area contributed by atoms with Crippen molar-refractivity contribution in [3.63, 3.8) is 0 Å². The molecule has 1 aromatic rings. The van der Waals surface area contributed by atoms with Gasteiger partial charge < -0.3 is 5.11 Å². The summed E-state index contributed by atoms with van der Waals surface area (Å²) in [5.74, 6) is 0.399. The van der Waals surface area contributed by atoms with Gasteiger partial charge in [0.1, 0.15) is 5.75 Å². The molecule has 0 saturated heterocycles. The van der Waals surface area contributed by atoms with Crippen LogP contribution in [0.25, 0.3) is 0 Å². The molecule has 0 amide bonds. The van der Waals surface area contributed by atoms with Crippen molar-refractivity contribution in [2.24, 2.45) is 4.99 Å². The molecule has 1 N–H and O–H groups in total. The molecular weight excluding hydrogens is 282 g/mol. The molecular formula is C21H27NO. The molecule has 0 radical (unpaired) electrons. The van der Waals surface area contributed by atoms with E-state index in [0.29, 0.717) is 5.75 Å². The van der Waals surface area contributed by atoms with Crippen LogP contribution in [0.2, 0.25) is 0 Å². The van der Waals surface area contributed by atoms with Crippen LogP contribution in [-0.4, -0.2) is 10.8 Å². The fourth-order valence-electron chi connectivity index (χ4n) is 3.12. The Kier molecular flexibility index (Phi) is 4.65. The Bertz CT molecular complexity index is 789. The first-order valence-corrected chi connectivity index (χ1v) is 8.16. The van der Waals surface area contributed by atoms with Gasteiger partial charge in [-0.3, -0.25) is 0 Å². The first-order chi connectivity index (χ1) is 10.7. The maximum atomic E-state index is 10.3. The van der Waals surface area contributed by atoms with Crippen LogP contribution in [-0.2, 0) is 6.42 Å². The molecule has 2 rings (SSSR count). The topological polar surface area (TPSA) is 32.6 Å². The van der Waals surface area contributed by atoms with E-state index >= 15 is 0 Å². The fourth-order valence-corrected chi connectivity index (χ4v) is 3.12. The van der Waals surface area contributed by atoms with Crippen molar-refractivity contribution in [2.75, 3.05) is 0 Å². The van der Waals surface area contributed by atoms with E-state index in [1.165, 1.54) is 11.1 Å². The Morgan fingerprint density at radius 3 is 2.13 bits per heavy atom. The summed E-state index contributed by atoms with van der Waals surface area (Å²) in [5, 5.41) is 10.3. The van der Waals surface area contributed by atoms with Crippen molar-refractivity contribution < 1.29 is 5.11 Å². The summed E-state index contributed by atoms with van der Waals surface area (Å²) < 4.78 is 0. The fraction of sp³-hybridized carbons (Fsp3) is 0.381. The number of phenols is 1. The Balaban J connectivity index is 2.76. The zero-order chi connectivity index (χ0) is 17.5. The third-order valence-electron chi connectivity index (χ3n) is 5.18. The lowest BCUT2D eigenvalue weighted by atomic mass is 9.88. The largest absolute Gasteiger partial charge is 0.507 e. The van der Waals surface area contributed by atoms with Gasteiger partial charge in [-0.05, 0) is 98.6 Å². The third kappa shape index (κ3) is 2.78. The Hall–Kier alpha value is -2.09. The van der Waals surface area contributed by atoms with E-state index in [2.05, 4.69) is 40.3 Å². The Labute approximate surface area is 140 Å². The molecule has 1 aliphatic rings. The average Bonchev–Trinajstić information content (AvgIpc) is 2.53. The normalized spacial score (nSPS) is 17.1. The van der Waals surface area contributed by atoms with Gasteiger partial charge in [-0.15, -0.1) is 0 Å². The van der Waals surface area contributed by atoms with Gasteiger partial charge in [-0.25, -0.2) is 4.99 Å². The average molecular weight is 309 g/mol. The summed E-state index contributed by atoms with van der Waals surface area (Å²) in [5.41, 5.74) is 10.7. The second-order valence-electron chi connectivity index (χ2n) is 6.46. The molecule has 2 nitrogen and oxygen atoms in total. The summed E-state index contributed by atoms with van der Waals surface area (Å²) in [6, 6.07) is 0. The minimum atomic E-state index is 0.399. The molecule has 0 unspecified atom stereocenters. The zero-order valence-corrected chi connectivity index (χ0v) is 15.4. The predicted octanol–water partition coefficient (Wildman–Crippen LogP) is 5.80. The summed E-state index contributed by atoms with van der Waals surface area (Å²) in [7, 11) is 0. The number of rotatable bonds is 2. The highest BCUT2D eigenvalue weighted by Crippen LogP contribution is 2.38. The summed E-state index contributed by atoms with van der Waals surface area (Å²) >= 11 is 0. The highest BCUT2D eigenvalue weighted by Gasteiger charge is 2.18. The molecule has 1 aliphatic carbocycles. The summed E-state index contributed by atoms with van der Waals surface area (Å²) in [4.78, 5) is 5.00. The van der Waals surface area contributed by atoms with E-state index in [4.69, 9.17) is 4.99 Å². The maximum Gasteiger partial charge on any atom is 0.122 e. The second-order valence-corrected chi connectivity index (χ2v) is 6.46. The van der Waals surface area contributed by atoms with Crippen molar-refractivity contribution in [1.82, 2.24) is 0 Å². The van der Waals surface area contributed by atoms with Crippen molar-refractivity contribution in [3.05, 3.63) is 57.2 Å². The van der Waals surface area contributed by atoms with Gasteiger partial charge in [-0.1, -0.05) is 13.5 Å². The monoisotopic (exact) mass is 309 g/mol. The molecule has 122 valence electrons. The number of nitrogens with zero attached hydrogens (tertiary/aromatic N) is 1. The maximum absolute atomic E-state index is 10.3. The molecule has 2 heteroatoms. The lowest BCUT2D eigenvalue weighted by molar-refractivity contribution is 0.465. The van der Waals surface area contributed by atoms with Crippen LogP contribution in [0.4, 0.5) is 5.69 Å². The highest BCUT2D eigenvalue weighted by atomic mass is 16.3. The van der Waals surface area contributed by atoms with Crippen molar-refractivity contribution >= 4 is 11.4 Å². The molecule has 0 saturated carbocycles. The molecule has 0 atom stereocenters. The standard InChI is InChI=1S/C21H27NO/c1-9-18-17(8)21(23)16(7)15(6)20(18)22-19-10-11(2)12(3)13(4)14(19)5/h10,23H,3,9H2,1-2,4-8H3. The van der Waals surface area contributed by atoms with Crippen LogP contribution in [0.15, 0.2) is 39.9 Å². The second kappa shape index (κ2) is 6.19. The quantitative estimate of drug-likeness (QED) is 0.735. The smallest absolute Gasteiger partial charge is 0.122 e. The van der Waals surface area contributed by atoms with Gasteiger partial charge in [0.25, 0.3) is 0 Å². The van der Waals surface area contributed by atoms with Crippen molar-refractivity contribution in [3.8, 4) is 5.75 Å². The number of hydrogen-bond donors (Lipinski definition) is 1. The van der Waals surface area contributed by atoms with Gasteiger partial charge in [0, 0.05) is 0 Å².